The van der Waals surface area contributed by atoms with Crippen molar-refractivity contribution in [2.75, 3.05) is 5.32 Å². The summed E-state index contributed by atoms with van der Waals surface area (Å²) in [4.78, 5) is 9.54. The van der Waals surface area contributed by atoms with Crippen LogP contribution in [0.5, 0.6) is 0 Å². The number of nitrogens with zero attached hydrogens (tertiary/aromatic N) is 4. The van der Waals surface area contributed by atoms with Crippen LogP contribution in [0.25, 0.3) is 5.78 Å². The van der Waals surface area contributed by atoms with Crippen LogP contribution in [-0.2, 0) is 25.8 Å². The van der Waals surface area contributed by atoms with Gasteiger partial charge in [0, 0.05) is 18.5 Å². The van der Waals surface area contributed by atoms with E-state index in [9.17, 15) is 4.39 Å². The van der Waals surface area contributed by atoms with Gasteiger partial charge in [-0.1, -0.05) is 42.0 Å². The van der Waals surface area contributed by atoms with Gasteiger partial charge >= 0.3 is 0 Å². The van der Waals surface area contributed by atoms with Crippen molar-refractivity contribution >= 4 is 11.6 Å². The van der Waals surface area contributed by atoms with Crippen molar-refractivity contribution in [2.45, 2.75) is 45.6 Å². The summed E-state index contributed by atoms with van der Waals surface area (Å²) in [6.07, 6.45) is 4.92. The second kappa shape index (κ2) is 7.86. The molecule has 1 N–H and O–H groups in total. The third kappa shape index (κ3) is 3.77. The zero-order valence-corrected chi connectivity index (χ0v) is 17.0. The molecule has 0 bridgehead atoms. The molecule has 0 saturated carbocycles. The van der Waals surface area contributed by atoms with E-state index in [0.717, 1.165) is 48.6 Å². The first kappa shape index (κ1) is 18.7. The zero-order chi connectivity index (χ0) is 20.5. The summed E-state index contributed by atoms with van der Waals surface area (Å²) >= 11 is 0. The topological polar surface area (TPSA) is 55.1 Å². The maximum absolute atomic E-state index is 13.2. The van der Waals surface area contributed by atoms with Crippen LogP contribution in [0.4, 0.5) is 10.2 Å². The smallest absolute Gasteiger partial charge is 0.254 e. The number of hydrogen-bond donors (Lipinski definition) is 1. The average molecular weight is 401 g/mol. The highest BCUT2D eigenvalue weighted by Gasteiger charge is 2.20. The highest BCUT2D eigenvalue weighted by atomic mass is 19.1. The van der Waals surface area contributed by atoms with E-state index in [2.05, 4.69) is 36.5 Å². The molecule has 4 aromatic rings. The average Bonchev–Trinajstić information content (AvgIpc) is 3.16. The number of halogens is 1. The van der Waals surface area contributed by atoms with Gasteiger partial charge in [-0.25, -0.2) is 9.37 Å². The second-order valence-electron chi connectivity index (χ2n) is 7.97. The van der Waals surface area contributed by atoms with Crippen molar-refractivity contribution in [3.63, 3.8) is 0 Å². The van der Waals surface area contributed by atoms with Gasteiger partial charge in [0.1, 0.15) is 11.6 Å². The molecule has 5 rings (SSSR count). The van der Waals surface area contributed by atoms with Crippen LogP contribution >= 0.6 is 0 Å². The Morgan fingerprint density at radius 1 is 0.933 bits per heavy atom. The van der Waals surface area contributed by atoms with Crippen molar-refractivity contribution in [3.8, 4) is 0 Å². The fraction of sp³-hybridized carbons (Fsp3) is 0.292. The predicted molar refractivity (Wildman–Crippen MR) is 115 cm³/mol. The molecule has 0 atom stereocenters. The van der Waals surface area contributed by atoms with E-state index in [4.69, 9.17) is 15.1 Å². The molecule has 2 aromatic carbocycles. The Balaban J connectivity index is 1.50. The van der Waals surface area contributed by atoms with Gasteiger partial charge in [0.15, 0.2) is 5.82 Å². The van der Waals surface area contributed by atoms with Crippen LogP contribution < -0.4 is 5.32 Å². The Kier molecular flexibility index (Phi) is 4.91. The molecule has 0 radical (unpaired) electrons. The second-order valence-corrected chi connectivity index (χ2v) is 7.97. The van der Waals surface area contributed by atoms with E-state index >= 15 is 0 Å². The molecule has 1 aliphatic carbocycles. The number of rotatable bonds is 5. The highest BCUT2D eigenvalue weighted by Crippen LogP contribution is 2.28. The Hall–Kier alpha value is -3.28. The lowest BCUT2D eigenvalue weighted by molar-refractivity contribution is 0.627. The van der Waals surface area contributed by atoms with Gasteiger partial charge in [0.25, 0.3) is 5.78 Å². The van der Waals surface area contributed by atoms with E-state index in [1.54, 1.807) is 12.1 Å². The largest absolute Gasteiger partial charge is 0.366 e. The summed E-state index contributed by atoms with van der Waals surface area (Å²) in [5.74, 6) is 2.14. The number of benzene rings is 2. The molecule has 6 heteroatoms. The minimum absolute atomic E-state index is 0.223. The number of hydrogen-bond acceptors (Lipinski definition) is 4. The standard InChI is InChI=1S/C24H24FN5/c1-16-6-8-17(9-7-16)14-22-28-24-27-21-5-3-2-4-20(21)23(30(24)29-22)26-15-18-10-12-19(25)13-11-18/h6-13,26H,2-5,14-15H2,1H3. The van der Waals surface area contributed by atoms with Gasteiger partial charge < -0.3 is 5.32 Å². The number of anilines is 1. The summed E-state index contributed by atoms with van der Waals surface area (Å²) < 4.78 is 15.1. The van der Waals surface area contributed by atoms with E-state index in [1.807, 2.05) is 4.52 Å². The minimum atomic E-state index is -0.223. The molecule has 0 amide bonds. The van der Waals surface area contributed by atoms with E-state index in [-0.39, 0.29) is 5.82 Å². The van der Waals surface area contributed by atoms with Crippen molar-refractivity contribution in [3.05, 3.63) is 88.1 Å². The zero-order valence-electron chi connectivity index (χ0n) is 17.0. The summed E-state index contributed by atoms with van der Waals surface area (Å²) in [7, 11) is 0. The molecule has 1 aliphatic rings. The first-order valence-corrected chi connectivity index (χ1v) is 10.5. The molecule has 2 aromatic heterocycles. The number of aromatic nitrogens is 4. The predicted octanol–water partition coefficient (Wildman–Crippen LogP) is 4.65. The van der Waals surface area contributed by atoms with Gasteiger partial charge in [-0.3, -0.25) is 0 Å². The lowest BCUT2D eigenvalue weighted by Gasteiger charge is -2.20. The lowest BCUT2D eigenvalue weighted by atomic mass is 9.96. The summed E-state index contributed by atoms with van der Waals surface area (Å²) in [6.45, 7) is 2.68. The third-order valence-corrected chi connectivity index (χ3v) is 5.66. The first-order chi connectivity index (χ1) is 14.7. The summed E-state index contributed by atoms with van der Waals surface area (Å²) in [5.41, 5.74) is 5.78. The van der Waals surface area contributed by atoms with Crippen LogP contribution in [0.3, 0.4) is 0 Å². The molecule has 2 heterocycles. The Bertz CT molecular complexity index is 1180. The van der Waals surface area contributed by atoms with Crippen molar-refractivity contribution in [1.82, 2.24) is 19.6 Å². The molecular formula is C24H24FN5. The molecule has 0 aliphatic heterocycles. The molecule has 0 spiro atoms. The molecule has 30 heavy (non-hydrogen) atoms. The van der Waals surface area contributed by atoms with Crippen LogP contribution in [-0.4, -0.2) is 19.6 Å². The van der Waals surface area contributed by atoms with Crippen LogP contribution in [0.15, 0.2) is 48.5 Å². The maximum Gasteiger partial charge on any atom is 0.254 e. The van der Waals surface area contributed by atoms with Gasteiger partial charge in [0.2, 0.25) is 0 Å². The number of nitrogens with one attached hydrogen (secondary N) is 1. The molecule has 5 nitrogen and oxygen atoms in total. The first-order valence-electron chi connectivity index (χ1n) is 10.5. The Labute approximate surface area is 175 Å². The fourth-order valence-corrected chi connectivity index (χ4v) is 4.02. The summed E-state index contributed by atoms with van der Waals surface area (Å²) in [5, 5.41) is 8.32. The van der Waals surface area contributed by atoms with Crippen molar-refractivity contribution in [1.29, 1.82) is 0 Å². The SMILES string of the molecule is Cc1ccc(Cc2nc3nc4c(c(NCc5ccc(F)cc5)n3n2)CCCC4)cc1. The molecule has 0 fully saturated rings. The summed E-state index contributed by atoms with van der Waals surface area (Å²) in [6, 6.07) is 15.0. The molecule has 152 valence electrons. The van der Waals surface area contributed by atoms with Gasteiger partial charge in [-0.15, -0.1) is 5.10 Å². The van der Waals surface area contributed by atoms with Crippen LogP contribution in [0, 0.1) is 12.7 Å². The van der Waals surface area contributed by atoms with E-state index in [1.165, 1.54) is 28.8 Å². The number of aryl methyl sites for hydroxylation is 2. The Morgan fingerprint density at radius 2 is 1.67 bits per heavy atom. The van der Waals surface area contributed by atoms with Crippen LogP contribution in [0.2, 0.25) is 0 Å². The molecular weight excluding hydrogens is 377 g/mol. The normalized spacial score (nSPS) is 13.4. The molecule has 0 unspecified atom stereocenters. The van der Waals surface area contributed by atoms with E-state index in [0.29, 0.717) is 18.7 Å². The van der Waals surface area contributed by atoms with Crippen molar-refractivity contribution < 1.29 is 4.39 Å². The lowest BCUT2D eigenvalue weighted by Crippen LogP contribution is -2.15. The number of fused-ring (bicyclic) bond motifs is 2. The van der Waals surface area contributed by atoms with Crippen LogP contribution in [0.1, 0.15) is 46.6 Å². The maximum atomic E-state index is 13.2. The highest BCUT2D eigenvalue weighted by molar-refractivity contribution is 5.54. The monoisotopic (exact) mass is 401 g/mol. The fourth-order valence-electron chi connectivity index (χ4n) is 4.02. The minimum Gasteiger partial charge on any atom is -0.366 e. The third-order valence-electron chi connectivity index (χ3n) is 5.66. The van der Waals surface area contributed by atoms with Gasteiger partial charge in [0.05, 0.1) is 5.69 Å². The van der Waals surface area contributed by atoms with E-state index < -0.39 is 0 Å². The van der Waals surface area contributed by atoms with Gasteiger partial charge in [-0.05, 0) is 55.9 Å². The van der Waals surface area contributed by atoms with Gasteiger partial charge in [-0.2, -0.15) is 9.50 Å². The molecule has 0 saturated heterocycles. The van der Waals surface area contributed by atoms with Crippen molar-refractivity contribution in [2.24, 2.45) is 0 Å². The quantitative estimate of drug-likeness (QED) is 0.529. The Morgan fingerprint density at radius 3 is 2.47 bits per heavy atom.